The van der Waals surface area contributed by atoms with Gasteiger partial charge in [0.25, 0.3) is 0 Å². The molecule has 0 aromatic rings. The number of nitrogens with one attached hydrogen (secondary N) is 2. The molecule has 1 aliphatic heterocycles. The van der Waals surface area contributed by atoms with Gasteiger partial charge in [0.2, 0.25) is 0 Å². The minimum atomic E-state index is 0.226. The first-order valence-corrected chi connectivity index (χ1v) is 7.94. The lowest BCUT2D eigenvalue weighted by molar-refractivity contribution is -0.0161. The number of nitrogens with zero attached hydrogens (tertiary/aromatic N) is 2. The maximum Gasteiger partial charge on any atom is 0.191 e. The van der Waals surface area contributed by atoms with Crippen LogP contribution >= 0.6 is 0 Å². The topological polar surface area (TPSA) is 58.1 Å². The lowest BCUT2D eigenvalue weighted by Crippen LogP contribution is -2.48. The number of ether oxygens (including phenoxy) is 2. The number of likely N-dealkylation sites (N-methyl/N-ethyl adjacent to an activating group) is 1. The van der Waals surface area contributed by atoms with Crippen molar-refractivity contribution in [2.45, 2.75) is 26.4 Å². The molecule has 0 radical (unpaired) electrons. The lowest BCUT2D eigenvalue weighted by Gasteiger charge is -2.30. The van der Waals surface area contributed by atoms with Crippen LogP contribution in [-0.2, 0) is 9.47 Å². The van der Waals surface area contributed by atoms with Crippen molar-refractivity contribution >= 4 is 5.96 Å². The predicted octanol–water partition coefficient (Wildman–Crippen LogP) is 0.545. The number of guanidine groups is 1. The largest absolute Gasteiger partial charge is 0.380 e. The maximum absolute atomic E-state index is 5.71. The third kappa shape index (κ3) is 8.90. The molecule has 1 saturated heterocycles. The normalized spacial score (nSPS) is 20.8. The molecule has 1 fully saturated rings. The van der Waals surface area contributed by atoms with Gasteiger partial charge in [0.05, 0.1) is 19.3 Å². The summed E-state index contributed by atoms with van der Waals surface area (Å²) in [6.07, 6.45) is 1.34. The molecule has 1 atom stereocenters. The van der Waals surface area contributed by atoms with E-state index in [1.54, 1.807) is 7.05 Å². The van der Waals surface area contributed by atoms with Gasteiger partial charge in [0.15, 0.2) is 5.96 Å². The van der Waals surface area contributed by atoms with Crippen LogP contribution in [0.25, 0.3) is 0 Å². The van der Waals surface area contributed by atoms with Gasteiger partial charge in [-0.2, -0.15) is 0 Å². The molecule has 0 bridgehead atoms. The molecule has 0 spiro atoms. The van der Waals surface area contributed by atoms with Crippen LogP contribution < -0.4 is 10.6 Å². The van der Waals surface area contributed by atoms with Gasteiger partial charge in [0.1, 0.15) is 0 Å². The zero-order valence-corrected chi connectivity index (χ0v) is 14.0. The van der Waals surface area contributed by atoms with Gasteiger partial charge in [-0.15, -0.1) is 0 Å². The Hall–Kier alpha value is -0.850. The molecular formula is C15H32N4O2. The first-order chi connectivity index (χ1) is 10.1. The van der Waals surface area contributed by atoms with Crippen LogP contribution in [0.4, 0.5) is 0 Å². The standard InChI is InChI=1S/C15H32N4O2/c1-13(2)5-8-20-9-6-17-15(16-3)18-11-14-12-19(4)7-10-21-14/h13-14H,5-12H2,1-4H3,(H2,16,17,18). The highest BCUT2D eigenvalue weighted by Gasteiger charge is 2.17. The SMILES string of the molecule is CN=C(NCCOCCC(C)C)NCC1CN(C)CCO1. The highest BCUT2D eigenvalue weighted by atomic mass is 16.5. The molecule has 0 saturated carbocycles. The van der Waals surface area contributed by atoms with Crippen molar-refractivity contribution in [3.05, 3.63) is 0 Å². The fraction of sp³-hybridized carbons (Fsp3) is 0.933. The number of rotatable bonds is 8. The number of hydrogen-bond acceptors (Lipinski definition) is 4. The van der Waals surface area contributed by atoms with Crippen LogP contribution in [0.15, 0.2) is 4.99 Å². The molecule has 6 nitrogen and oxygen atoms in total. The summed E-state index contributed by atoms with van der Waals surface area (Å²) in [5, 5.41) is 6.55. The summed E-state index contributed by atoms with van der Waals surface area (Å²) in [7, 11) is 3.90. The minimum Gasteiger partial charge on any atom is -0.380 e. The van der Waals surface area contributed by atoms with Crippen LogP contribution in [0, 0.1) is 5.92 Å². The van der Waals surface area contributed by atoms with E-state index < -0.39 is 0 Å². The molecule has 2 N–H and O–H groups in total. The fourth-order valence-corrected chi connectivity index (χ4v) is 2.08. The predicted molar refractivity (Wildman–Crippen MR) is 86.9 cm³/mol. The minimum absolute atomic E-state index is 0.226. The quantitative estimate of drug-likeness (QED) is 0.389. The van der Waals surface area contributed by atoms with Crippen molar-refractivity contribution in [2.24, 2.45) is 10.9 Å². The Kier molecular flexibility index (Phi) is 9.37. The van der Waals surface area contributed by atoms with Crippen LogP contribution in [-0.4, -0.2) is 77.1 Å². The third-order valence-electron chi connectivity index (χ3n) is 3.44. The summed E-state index contributed by atoms with van der Waals surface area (Å²) in [6, 6.07) is 0. The van der Waals surface area contributed by atoms with Crippen LogP contribution in [0.5, 0.6) is 0 Å². The summed E-state index contributed by atoms with van der Waals surface area (Å²) >= 11 is 0. The Labute approximate surface area is 129 Å². The molecule has 0 aromatic heterocycles. The second-order valence-corrected chi connectivity index (χ2v) is 5.93. The van der Waals surface area contributed by atoms with Gasteiger partial charge in [-0.25, -0.2) is 0 Å². The van der Waals surface area contributed by atoms with Crippen molar-refractivity contribution in [3.8, 4) is 0 Å². The number of aliphatic imine (C=N–C) groups is 1. The van der Waals surface area contributed by atoms with E-state index in [1.807, 2.05) is 0 Å². The average Bonchev–Trinajstić information content (AvgIpc) is 2.45. The molecule has 124 valence electrons. The molecule has 0 amide bonds. The van der Waals surface area contributed by atoms with E-state index in [0.717, 1.165) is 51.8 Å². The van der Waals surface area contributed by atoms with E-state index in [4.69, 9.17) is 9.47 Å². The smallest absolute Gasteiger partial charge is 0.191 e. The van der Waals surface area contributed by atoms with Crippen LogP contribution in [0.3, 0.4) is 0 Å². The highest BCUT2D eigenvalue weighted by Crippen LogP contribution is 2.01. The van der Waals surface area contributed by atoms with Gasteiger partial charge < -0.3 is 25.0 Å². The van der Waals surface area contributed by atoms with E-state index in [2.05, 4.69) is 41.4 Å². The Morgan fingerprint density at radius 1 is 1.38 bits per heavy atom. The van der Waals surface area contributed by atoms with E-state index in [0.29, 0.717) is 12.5 Å². The Morgan fingerprint density at radius 3 is 2.86 bits per heavy atom. The summed E-state index contributed by atoms with van der Waals surface area (Å²) in [5.74, 6) is 1.50. The molecule has 1 rings (SSSR count). The Bertz CT molecular complexity index is 297. The Morgan fingerprint density at radius 2 is 2.19 bits per heavy atom. The van der Waals surface area contributed by atoms with Crippen LogP contribution in [0.1, 0.15) is 20.3 Å². The molecule has 1 heterocycles. The summed E-state index contributed by atoms with van der Waals surface area (Å²) in [5.41, 5.74) is 0. The van der Waals surface area contributed by atoms with Gasteiger partial charge >= 0.3 is 0 Å². The lowest BCUT2D eigenvalue weighted by atomic mass is 10.1. The average molecular weight is 300 g/mol. The zero-order valence-electron chi connectivity index (χ0n) is 14.0. The van der Waals surface area contributed by atoms with Gasteiger partial charge in [-0.1, -0.05) is 13.8 Å². The zero-order chi connectivity index (χ0) is 15.5. The van der Waals surface area contributed by atoms with Crippen LogP contribution in [0.2, 0.25) is 0 Å². The second-order valence-electron chi connectivity index (χ2n) is 5.93. The molecular weight excluding hydrogens is 268 g/mol. The van der Waals surface area contributed by atoms with Crippen molar-refractivity contribution in [1.29, 1.82) is 0 Å². The number of morpholine rings is 1. The van der Waals surface area contributed by atoms with E-state index in [1.165, 1.54) is 0 Å². The monoisotopic (exact) mass is 300 g/mol. The highest BCUT2D eigenvalue weighted by molar-refractivity contribution is 5.79. The summed E-state index contributed by atoms with van der Waals surface area (Å²) < 4.78 is 11.3. The molecule has 1 unspecified atom stereocenters. The fourth-order valence-electron chi connectivity index (χ4n) is 2.08. The van der Waals surface area contributed by atoms with Gasteiger partial charge in [0, 0.05) is 39.8 Å². The molecule has 1 aliphatic rings. The summed E-state index contributed by atoms with van der Waals surface area (Å²) in [4.78, 5) is 6.49. The first-order valence-electron chi connectivity index (χ1n) is 7.94. The maximum atomic E-state index is 5.71. The van der Waals surface area contributed by atoms with Gasteiger partial charge in [-0.05, 0) is 19.4 Å². The van der Waals surface area contributed by atoms with Gasteiger partial charge in [-0.3, -0.25) is 4.99 Å². The molecule has 21 heavy (non-hydrogen) atoms. The first kappa shape index (κ1) is 18.2. The van der Waals surface area contributed by atoms with E-state index in [-0.39, 0.29) is 6.10 Å². The number of hydrogen-bond donors (Lipinski definition) is 2. The summed E-state index contributed by atoms with van der Waals surface area (Å²) in [6.45, 7) is 10.3. The third-order valence-corrected chi connectivity index (χ3v) is 3.44. The van der Waals surface area contributed by atoms with Crippen molar-refractivity contribution in [3.63, 3.8) is 0 Å². The molecule has 0 aromatic carbocycles. The molecule has 6 heteroatoms. The van der Waals surface area contributed by atoms with E-state index >= 15 is 0 Å². The Balaban J connectivity index is 2.06. The van der Waals surface area contributed by atoms with E-state index in [9.17, 15) is 0 Å². The van der Waals surface area contributed by atoms with Crippen molar-refractivity contribution < 1.29 is 9.47 Å². The second kappa shape index (κ2) is 10.8. The van der Waals surface area contributed by atoms with Crippen molar-refractivity contribution in [1.82, 2.24) is 15.5 Å². The molecule has 0 aliphatic carbocycles. The van der Waals surface area contributed by atoms with Crippen molar-refractivity contribution in [2.75, 3.05) is 60.1 Å².